The summed E-state index contributed by atoms with van der Waals surface area (Å²) < 4.78 is 0. The zero-order valence-corrected chi connectivity index (χ0v) is 23.3. The largest absolute Gasteiger partial charge is 0.293 e. The van der Waals surface area contributed by atoms with Gasteiger partial charge in [0, 0.05) is 11.5 Å². The van der Waals surface area contributed by atoms with Crippen molar-refractivity contribution in [3.05, 3.63) is 69.8 Å². The van der Waals surface area contributed by atoms with Crippen LogP contribution in [0.1, 0.15) is 149 Å². The lowest BCUT2D eigenvalue weighted by atomic mass is 9.83. The molecule has 1 aliphatic carbocycles. The Bertz CT molecular complexity index is 909. The Morgan fingerprint density at radius 1 is 0.941 bits per heavy atom. The third kappa shape index (κ3) is 6.83. The maximum Gasteiger partial charge on any atom is 0.170 e. The molecule has 0 N–H and O–H groups in total. The van der Waals surface area contributed by atoms with Gasteiger partial charge in [-0.3, -0.25) is 4.79 Å². The third-order valence-corrected chi connectivity index (χ3v) is 8.06. The van der Waals surface area contributed by atoms with Crippen molar-refractivity contribution in [1.29, 1.82) is 0 Å². The molecule has 4 unspecified atom stereocenters. The predicted molar refractivity (Wildman–Crippen MR) is 149 cm³/mol. The van der Waals surface area contributed by atoms with Crippen LogP contribution < -0.4 is 0 Å². The minimum absolute atomic E-state index is 0.0585. The lowest BCUT2D eigenvalue weighted by Crippen LogP contribution is -2.14. The summed E-state index contributed by atoms with van der Waals surface area (Å²) in [5, 5.41) is 0. The van der Waals surface area contributed by atoms with Gasteiger partial charge in [0.25, 0.3) is 0 Å². The molecule has 1 heteroatoms. The van der Waals surface area contributed by atoms with Gasteiger partial charge < -0.3 is 0 Å². The summed E-state index contributed by atoms with van der Waals surface area (Å²) in [5.41, 5.74) is 7.44. The number of carbonyl (C=O) groups excluding carboxylic acids is 1. The van der Waals surface area contributed by atoms with Gasteiger partial charge in [-0.15, -0.1) is 0 Å². The highest BCUT2D eigenvalue weighted by Gasteiger charge is 2.27. The molecule has 1 nitrogen and oxygen atoms in total. The number of hydrogen-bond donors (Lipinski definition) is 0. The molecule has 0 bridgehead atoms. The van der Waals surface area contributed by atoms with E-state index in [0.29, 0.717) is 11.8 Å². The van der Waals surface area contributed by atoms with Crippen molar-refractivity contribution in [3.63, 3.8) is 0 Å². The molecule has 0 heterocycles. The number of hydrogen-bond acceptors (Lipinski definition) is 1. The van der Waals surface area contributed by atoms with E-state index in [9.17, 15) is 4.79 Å². The van der Waals surface area contributed by atoms with Crippen LogP contribution in [0.15, 0.2) is 36.4 Å². The number of rotatable bonds is 10. The molecular weight excluding hydrogens is 412 g/mol. The lowest BCUT2D eigenvalue weighted by Gasteiger charge is -2.20. The van der Waals surface area contributed by atoms with Crippen LogP contribution in [0, 0.1) is 19.8 Å². The monoisotopic (exact) mass is 462 g/mol. The lowest BCUT2D eigenvalue weighted by molar-refractivity contribution is 0.0956. The van der Waals surface area contributed by atoms with Gasteiger partial charge in [-0.25, -0.2) is 0 Å². The fraction of sp³-hybridized carbons (Fsp3) is 0.606. The number of aryl methyl sites for hydroxylation is 2. The van der Waals surface area contributed by atoms with Gasteiger partial charge in [0.2, 0.25) is 0 Å². The van der Waals surface area contributed by atoms with E-state index in [1.165, 1.54) is 67.2 Å². The summed E-state index contributed by atoms with van der Waals surface area (Å²) in [6.45, 7) is 17.4. The molecule has 0 spiro atoms. The summed E-state index contributed by atoms with van der Waals surface area (Å²) in [6, 6.07) is 13.4. The van der Waals surface area contributed by atoms with Gasteiger partial charge >= 0.3 is 0 Å². The van der Waals surface area contributed by atoms with Crippen LogP contribution in [0.25, 0.3) is 0 Å². The van der Waals surface area contributed by atoms with Crippen molar-refractivity contribution >= 4 is 5.78 Å². The first-order valence-electron chi connectivity index (χ1n) is 14.1. The van der Waals surface area contributed by atoms with E-state index in [1.54, 1.807) is 0 Å². The molecule has 0 saturated heterocycles. The number of Topliss-reactive ketones (excluding diaryl/α,β-unsaturated/α-hetero) is 1. The van der Waals surface area contributed by atoms with Gasteiger partial charge in [-0.1, -0.05) is 97.2 Å². The highest BCUT2D eigenvalue weighted by molar-refractivity contribution is 6.02. The van der Waals surface area contributed by atoms with E-state index in [2.05, 4.69) is 77.9 Å². The minimum Gasteiger partial charge on any atom is -0.293 e. The topological polar surface area (TPSA) is 17.1 Å². The second kappa shape index (κ2) is 13.9. The molecule has 0 amide bonds. The van der Waals surface area contributed by atoms with Crippen LogP contribution in [0.2, 0.25) is 0 Å². The van der Waals surface area contributed by atoms with Crippen LogP contribution in [0.5, 0.6) is 0 Å². The quantitative estimate of drug-likeness (QED) is 0.321. The summed E-state index contributed by atoms with van der Waals surface area (Å²) in [4.78, 5) is 13.6. The first-order chi connectivity index (χ1) is 16.4. The Labute approximate surface area is 210 Å². The number of ketones is 1. The summed E-state index contributed by atoms with van der Waals surface area (Å²) in [5.74, 6) is 2.36. The van der Waals surface area contributed by atoms with E-state index in [0.717, 1.165) is 23.5 Å². The molecule has 2 aromatic carbocycles. The second-order valence-corrected chi connectivity index (χ2v) is 10.3. The predicted octanol–water partition coefficient (Wildman–Crippen LogP) is 10.3. The molecule has 0 radical (unpaired) electrons. The highest BCUT2D eigenvalue weighted by atomic mass is 16.1. The van der Waals surface area contributed by atoms with Gasteiger partial charge in [-0.05, 0) is 91.5 Å². The minimum atomic E-state index is -0.0585. The Morgan fingerprint density at radius 3 is 2.18 bits per heavy atom. The fourth-order valence-corrected chi connectivity index (χ4v) is 5.81. The zero-order valence-electron chi connectivity index (χ0n) is 23.3. The average molecular weight is 463 g/mol. The SMILES string of the molecule is CC.CCCCC(C)c1ccc(C(=O)C(CC)c2ccc(C3CCC(CC)C3)c(C)c2)c(C)c1. The highest BCUT2D eigenvalue weighted by Crippen LogP contribution is 2.41. The molecule has 188 valence electrons. The van der Waals surface area contributed by atoms with Crippen LogP contribution in [-0.2, 0) is 0 Å². The molecule has 0 aromatic heterocycles. The van der Waals surface area contributed by atoms with Crippen molar-refractivity contribution in [2.75, 3.05) is 0 Å². The van der Waals surface area contributed by atoms with Crippen molar-refractivity contribution < 1.29 is 4.79 Å². The Kier molecular flexibility index (Phi) is 11.6. The maximum atomic E-state index is 13.6. The van der Waals surface area contributed by atoms with E-state index in [4.69, 9.17) is 0 Å². The van der Waals surface area contributed by atoms with Crippen LogP contribution >= 0.6 is 0 Å². The van der Waals surface area contributed by atoms with Crippen LogP contribution in [0.3, 0.4) is 0 Å². The van der Waals surface area contributed by atoms with E-state index < -0.39 is 0 Å². The third-order valence-electron chi connectivity index (χ3n) is 8.06. The van der Waals surface area contributed by atoms with Crippen LogP contribution in [0.4, 0.5) is 0 Å². The Hall–Kier alpha value is -1.89. The Balaban J connectivity index is 0.00000199. The molecule has 4 atom stereocenters. The van der Waals surface area contributed by atoms with E-state index >= 15 is 0 Å². The molecule has 1 saturated carbocycles. The summed E-state index contributed by atoms with van der Waals surface area (Å²) in [6.07, 6.45) is 9.86. The van der Waals surface area contributed by atoms with E-state index in [1.807, 2.05) is 13.8 Å². The molecule has 2 aromatic rings. The summed E-state index contributed by atoms with van der Waals surface area (Å²) in [7, 11) is 0. The standard InChI is InChI=1S/C31H44O.C2H6/c1-7-10-11-21(4)25-14-17-30(23(6)18-25)31(32)28(9-3)26-15-16-29(22(5)19-26)27-13-12-24(8-2)20-27;1-2/h14-19,21,24,27-28H,7-13,20H2,1-6H3;1-2H3. The number of benzene rings is 2. The van der Waals surface area contributed by atoms with Gasteiger partial charge in [-0.2, -0.15) is 0 Å². The summed E-state index contributed by atoms with van der Waals surface area (Å²) >= 11 is 0. The van der Waals surface area contributed by atoms with Crippen molar-refractivity contribution in [2.24, 2.45) is 5.92 Å². The molecule has 1 fully saturated rings. The normalized spacial score (nSPS) is 19.3. The van der Waals surface area contributed by atoms with Crippen molar-refractivity contribution in [2.45, 2.75) is 125 Å². The molecule has 0 aliphatic heterocycles. The van der Waals surface area contributed by atoms with Crippen molar-refractivity contribution in [3.8, 4) is 0 Å². The molecule has 1 aliphatic rings. The molecular formula is C33H50O. The van der Waals surface area contributed by atoms with Gasteiger partial charge in [0.1, 0.15) is 0 Å². The first kappa shape index (κ1) is 28.3. The fourth-order valence-electron chi connectivity index (χ4n) is 5.81. The first-order valence-corrected chi connectivity index (χ1v) is 14.1. The number of unbranched alkanes of at least 4 members (excludes halogenated alkanes) is 1. The smallest absolute Gasteiger partial charge is 0.170 e. The zero-order chi connectivity index (χ0) is 25.3. The van der Waals surface area contributed by atoms with Crippen LogP contribution in [-0.4, -0.2) is 5.78 Å². The number of carbonyl (C=O) groups is 1. The maximum absolute atomic E-state index is 13.6. The van der Waals surface area contributed by atoms with E-state index in [-0.39, 0.29) is 11.7 Å². The van der Waals surface area contributed by atoms with Crippen molar-refractivity contribution in [1.82, 2.24) is 0 Å². The molecule has 3 rings (SSSR count). The second-order valence-electron chi connectivity index (χ2n) is 10.3. The van der Waals surface area contributed by atoms with Gasteiger partial charge in [0.05, 0.1) is 0 Å². The Morgan fingerprint density at radius 2 is 1.62 bits per heavy atom. The van der Waals surface area contributed by atoms with Gasteiger partial charge in [0.15, 0.2) is 5.78 Å². The average Bonchev–Trinajstić information content (AvgIpc) is 3.33. The molecule has 34 heavy (non-hydrogen) atoms.